The molecule has 1 aliphatic rings. The fourth-order valence-electron chi connectivity index (χ4n) is 2.43. The van der Waals surface area contributed by atoms with E-state index in [0.29, 0.717) is 22.6 Å². The Bertz CT molecular complexity index is 838. The van der Waals surface area contributed by atoms with Crippen molar-refractivity contribution < 1.29 is 14.3 Å². The van der Waals surface area contributed by atoms with E-state index in [2.05, 4.69) is 16.7 Å². The molecule has 2 N–H and O–H groups in total. The fourth-order valence-corrected chi connectivity index (χ4v) is 2.43. The van der Waals surface area contributed by atoms with Crippen LogP contribution in [0, 0.1) is 11.3 Å². The Morgan fingerprint density at radius 2 is 2.04 bits per heavy atom. The third kappa shape index (κ3) is 3.20. The van der Waals surface area contributed by atoms with Crippen molar-refractivity contribution in [3.63, 3.8) is 0 Å². The van der Waals surface area contributed by atoms with Gasteiger partial charge in [-0.25, -0.2) is 0 Å². The van der Waals surface area contributed by atoms with Gasteiger partial charge in [-0.1, -0.05) is 12.1 Å². The van der Waals surface area contributed by atoms with Crippen molar-refractivity contribution in [1.82, 2.24) is 5.32 Å². The van der Waals surface area contributed by atoms with Crippen molar-refractivity contribution in [2.24, 2.45) is 0 Å². The average Bonchev–Trinajstić information content (AvgIpc) is 2.61. The largest absolute Gasteiger partial charge is 0.482 e. The van der Waals surface area contributed by atoms with Crippen molar-refractivity contribution in [1.29, 1.82) is 5.26 Å². The molecule has 2 aromatic carbocycles. The molecule has 0 saturated heterocycles. The Balaban J connectivity index is 1.72. The van der Waals surface area contributed by atoms with Crippen LogP contribution in [0.25, 0.3) is 0 Å². The van der Waals surface area contributed by atoms with E-state index in [0.717, 1.165) is 5.56 Å². The summed E-state index contributed by atoms with van der Waals surface area (Å²) < 4.78 is 5.32. The normalized spacial score (nSPS) is 13.8. The number of ether oxygens (including phenoxy) is 1. The fraction of sp³-hybridized carbons (Fsp3) is 0.167. The standard InChI is InChI=1S/C18H15N3O3/c1-11(13-4-2-12(9-19)3-5-13)20-18(23)14-6-7-15-16(8-14)24-10-17(22)21-15/h2-8,11H,10H2,1H3,(H,20,23)(H,21,22)/t11-/m1/s1. The van der Waals surface area contributed by atoms with Gasteiger partial charge in [-0.15, -0.1) is 0 Å². The van der Waals surface area contributed by atoms with Crippen LogP contribution in [0.5, 0.6) is 5.75 Å². The molecule has 2 aromatic rings. The zero-order chi connectivity index (χ0) is 17.1. The molecule has 6 heteroatoms. The first kappa shape index (κ1) is 15.6. The molecule has 0 aromatic heterocycles. The van der Waals surface area contributed by atoms with Gasteiger partial charge in [0, 0.05) is 5.56 Å². The highest BCUT2D eigenvalue weighted by molar-refractivity contribution is 5.99. The maximum atomic E-state index is 12.4. The maximum Gasteiger partial charge on any atom is 0.262 e. The molecule has 1 heterocycles. The van der Waals surface area contributed by atoms with Crippen molar-refractivity contribution in [3.8, 4) is 11.8 Å². The average molecular weight is 321 g/mol. The van der Waals surface area contributed by atoms with Gasteiger partial charge >= 0.3 is 0 Å². The number of anilines is 1. The Morgan fingerprint density at radius 1 is 1.29 bits per heavy atom. The Morgan fingerprint density at radius 3 is 2.75 bits per heavy atom. The van der Waals surface area contributed by atoms with Crippen LogP contribution in [0.4, 0.5) is 5.69 Å². The van der Waals surface area contributed by atoms with E-state index in [1.54, 1.807) is 30.3 Å². The predicted octanol–water partition coefficient (Wildman–Crippen LogP) is 2.38. The minimum absolute atomic E-state index is 0.0558. The highest BCUT2D eigenvalue weighted by Crippen LogP contribution is 2.28. The van der Waals surface area contributed by atoms with Gasteiger partial charge in [0.2, 0.25) is 0 Å². The first-order chi connectivity index (χ1) is 11.6. The molecule has 0 unspecified atom stereocenters. The third-order valence-corrected chi connectivity index (χ3v) is 3.76. The number of nitrogens with zero attached hydrogens (tertiary/aromatic N) is 1. The third-order valence-electron chi connectivity index (χ3n) is 3.76. The molecule has 120 valence electrons. The number of hydrogen-bond donors (Lipinski definition) is 2. The molecule has 24 heavy (non-hydrogen) atoms. The summed E-state index contributed by atoms with van der Waals surface area (Å²) >= 11 is 0. The molecule has 3 rings (SSSR count). The number of nitriles is 1. The summed E-state index contributed by atoms with van der Waals surface area (Å²) in [7, 11) is 0. The number of carbonyl (C=O) groups is 2. The van der Waals surface area contributed by atoms with E-state index in [1.165, 1.54) is 0 Å². The first-order valence-electron chi connectivity index (χ1n) is 7.44. The molecule has 1 atom stereocenters. The van der Waals surface area contributed by atoms with Crippen LogP contribution in [0.2, 0.25) is 0 Å². The van der Waals surface area contributed by atoms with Crippen molar-refractivity contribution >= 4 is 17.5 Å². The first-order valence-corrected chi connectivity index (χ1v) is 7.44. The maximum absolute atomic E-state index is 12.4. The van der Waals surface area contributed by atoms with Crippen LogP contribution < -0.4 is 15.4 Å². The lowest BCUT2D eigenvalue weighted by atomic mass is 10.1. The topological polar surface area (TPSA) is 91.2 Å². The lowest BCUT2D eigenvalue weighted by Crippen LogP contribution is -2.28. The van der Waals surface area contributed by atoms with Crippen LogP contribution in [-0.2, 0) is 4.79 Å². The van der Waals surface area contributed by atoms with E-state index in [-0.39, 0.29) is 24.5 Å². The van der Waals surface area contributed by atoms with Crippen LogP contribution in [-0.4, -0.2) is 18.4 Å². The van der Waals surface area contributed by atoms with Crippen LogP contribution >= 0.6 is 0 Å². The summed E-state index contributed by atoms with van der Waals surface area (Å²) in [5, 5.41) is 14.4. The van der Waals surface area contributed by atoms with Crippen molar-refractivity contribution in [3.05, 3.63) is 59.2 Å². The Kier molecular flexibility index (Phi) is 4.17. The number of rotatable bonds is 3. The number of nitrogens with one attached hydrogen (secondary N) is 2. The van der Waals surface area contributed by atoms with Crippen molar-refractivity contribution in [2.45, 2.75) is 13.0 Å². The summed E-state index contributed by atoms with van der Waals surface area (Å²) in [5.74, 6) is 0.0255. The molecule has 0 aliphatic carbocycles. The summed E-state index contributed by atoms with van der Waals surface area (Å²) in [6, 6.07) is 13.8. The SMILES string of the molecule is C[C@@H](NC(=O)c1ccc2c(c1)OCC(=O)N2)c1ccc(C#N)cc1. The zero-order valence-corrected chi connectivity index (χ0v) is 13.0. The van der Waals surface area contributed by atoms with Crippen LogP contribution in [0.1, 0.15) is 34.5 Å². The van der Waals surface area contributed by atoms with Gasteiger partial charge in [-0.3, -0.25) is 9.59 Å². The number of fused-ring (bicyclic) bond motifs is 1. The molecule has 6 nitrogen and oxygen atoms in total. The summed E-state index contributed by atoms with van der Waals surface area (Å²) in [5.41, 5.74) is 2.49. The van der Waals surface area contributed by atoms with Crippen LogP contribution in [0.15, 0.2) is 42.5 Å². The van der Waals surface area contributed by atoms with E-state index in [4.69, 9.17) is 10.00 Å². The lowest BCUT2D eigenvalue weighted by molar-refractivity contribution is -0.118. The number of carbonyl (C=O) groups excluding carboxylic acids is 2. The monoisotopic (exact) mass is 321 g/mol. The van der Waals surface area contributed by atoms with Crippen molar-refractivity contribution in [2.75, 3.05) is 11.9 Å². The minimum Gasteiger partial charge on any atom is -0.482 e. The molecular formula is C18H15N3O3. The van der Waals surface area contributed by atoms with E-state index >= 15 is 0 Å². The second kappa shape index (κ2) is 6.42. The van der Waals surface area contributed by atoms with Gasteiger partial charge in [-0.05, 0) is 42.8 Å². The van der Waals surface area contributed by atoms with Gasteiger partial charge in [-0.2, -0.15) is 5.26 Å². The predicted molar refractivity (Wildman–Crippen MR) is 87.6 cm³/mol. The highest BCUT2D eigenvalue weighted by Gasteiger charge is 2.18. The van der Waals surface area contributed by atoms with Gasteiger partial charge in [0.25, 0.3) is 11.8 Å². The molecule has 0 bridgehead atoms. The molecule has 0 saturated carbocycles. The number of benzene rings is 2. The van der Waals surface area contributed by atoms with E-state index < -0.39 is 0 Å². The molecule has 2 amide bonds. The molecule has 0 spiro atoms. The minimum atomic E-state index is -0.241. The second-order valence-electron chi connectivity index (χ2n) is 5.48. The van der Waals surface area contributed by atoms with Gasteiger partial charge < -0.3 is 15.4 Å². The molecule has 1 aliphatic heterocycles. The van der Waals surface area contributed by atoms with E-state index in [1.807, 2.05) is 19.1 Å². The second-order valence-corrected chi connectivity index (χ2v) is 5.48. The molecular weight excluding hydrogens is 306 g/mol. The van der Waals surface area contributed by atoms with Gasteiger partial charge in [0.1, 0.15) is 5.75 Å². The summed E-state index contributed by atoms with van der Waals surface area (Å²) in [4.78, 5) is 23.7. The molecule has 0 fully saturated rings. The zero-order valence-electron chi connectivity index (χ0n) is 13.0. The van der Waals surface area contributed by atoms with E-state index in [9.17, 15) is 9.59 Å². The Hall–Kier alpha value is -3.33. The number of hydrogen-bond acceptors (Lipinski definition) is 4. The van der Waals surface area contributed by atoms with Gasteiger partial charge in [0.05, 0.1) is 23.4 Å². The highest BCUT2D eigenvalue weighted by atomic mass is 16.5. The summed E-state index contributed by atoms with van der Waals surface area (Å²) in [6.45, 7) is 1.81. The Labute approximate surface area is 139 Å². The summed E-state index contributed by atoms with van der Waals surface area (Å²) in [6.07, 6.45) is 0. The van der Waals surface area contributed by atoms with Crippen LogP contribution in [0.3, 0.4) is 0 Å². The lowest BCUT2D eigenvalue weighted by Gasteiger charge is -2.19. The quantitative estimate of drug-likeness (QED) is 0.908. The van der Waals surface area contributed by atoms with Gasteiger partial charge in [0.15, 0.2) is 6.61 Å². The molecule has 0 radical (unpaired) electrons. The number of amides is 2. The smallest absolute Gasteiger partial charge is 0.262 e.